The summed E-state index contributed by atoms with van der Waals surface area (Å²) in [4.78, 5) is 22.9. The summed E-state index contributed by atoms with van der Waals surface area (Å²) in [5.74, 6) is 0.400. The molecule has 0 aliphatic heterocycles. The second kappa shape index (κ2) is 6.56. The fraction of sp³-hybridized carbons (Fsp3) is 0.125. The molecule has 0 radical (unpaired) electrons. The van der Waals surface area contributed by atoms with Crippen LogP contribution < -0.4 is 14.2 Å². The molecule has 0 aliphatic carbocycles. The maximum Gasteiger partial charge on any atom is 0.347 e. The molecular weight excluding hydrogens is 272 g/mol. The van der Waals surface area contributed by atoms with Crippen LogP contribution in [0.25, 0.3) is 0 Å². The molecule has 0 N–H and O–H groups in total. The second-order valence-electron chi connectivity index (χ2n) is 4.12. The van der Waals surface area contributed by atoms with Crippen molar-refractivity contribution in [1.29, 1.82) is 0 Å². The van der Waals surface area contributed by atoms with Gasteiger partial charge in [0.1, 0.15) is 17.6 Å². The molecule has 0 aromatic heterocycles. The minimum Gasteiger partial charge on any atom is -0.496 e. The van der Waals surface area contributed by atoms with E-state index in [0.29, 0.717) is 28.9 Å². The van der Waals surface area contributed by atoms with Crippen LogP contribution in [-0.2, 0) is 0 Å². The Hall–Kier alpha value is -2.82. The predicted octanol–water partition coefficient (Wildman–Crippen LogP) is 2.74. The zero-order valence-corrected chi connectivity index (χ0v) is 11.7. The summed E-state index contributed by atoms with van der Waals surface area (Å²) in [6.45, 7) is 0. The number of carbonyl (C=O) groups excluding carboxylic acids is 2. The molecule has 0 saturated carbocycles. The molecule has 5 nitrogen and oxygen atoms in total. The van der Waals surface area contributed by atoms with Crippen molar-refractivity contribution >= 4 is 12.3 Å². The second-order valence-corrected chi connectivity index (χ2v) is 4.12. The summed E-state index contributed by atoms with van der Waals surface area (Å²) in [5.41, 5.74) is 0.741. The van der Waals surface area contributed by atoms with Gasteiger partial charge in [-0.15, -0.1) is 0 Å². The Morgan fingerprint density at radius 3 is 2.33 bits per heavy atom. The first kappa shape index (κ1) is 14.6. The number of methoxy groups -OCH3 is 2. The molecule has 2 rings (SSSR count). The molecular formula is C16H14O5. The van der Waals surface area contributed by atoms with E-state index in [1.807, 2.05) is 0 Å². The molecule has 0 spiro atoms. The number of aldehydes is 1. The molecule has 0 unspecified atom stereocenters. The van der Waals surface area contributed by atoms with Crippen LogP contribution >= 0.6 is 0 Å². The van der Waals surface area contributed by atoms with Gasteiger partial charge < -0.3 is 14.2 Å². The molecule has 0 fully saturated rings. The van der Waals surface area contributed by atoms with Gasteiger partial charge in [0, 0.05) is 5.56 Å². The number of para-hydroxylation sites is 1. The summed E-state index contributed by atoms with van der Waals surface area (Å²) < 4.78 is 15.5. The molecule has 0 amide bonds. The Morgan fingerprint density at radius 1 is 0.952 bits per heavy atom. The number of hydrogen-bond acceptors (Lipinski definition) is 5. The van der Waals surface area contributed by atoms with E-state index in [9.17, 15) is 9.59 Å². The molecule has 2 aromatic rings. The van der Waals surface area contributed by atoms with Crippen LogP contribution in [0.1, 0.15) is 20.7 Å². The van der Waals surface area contributed by atoms with Crippen molar-refractivity contribution in [1.82, 2.24) is 0 Å². The van der Waals surface area contributed by atoms with Crippen LogP contribution in [0.2, 0.25) is 0 Å². The standard InChI is InChI=1S/C16H14O5/c1-19-13-6-4-3-5-12(13)16(18)21-14-8-7-11(10-17)9-15(14)20-2/h3-10H,1-2H3. The highest BCUT2D eigenvalue weighted by molar-refractivity contribution is 5.94. The van der Waals surface area contributed by atoms with Crippen LogP contribution in [0.3, 0.4) is 0 Å². The quantitative estimate of drug-likeness (QED) is 0.480. The summed E-state index contributed by atoms with van der Waals surface area (Å²) >= 11 is 0. The third-order valence-corrected chi connectivity index (χ3v) is 2.85. The first-order valence-electron chi connectivity index (χ1n) is 6.18. The van der Waals surface area contributed by atoms with Crippen molar-refractivity contribution in [3.8, 4) is 17.2 Å². The number of benzene rings is 2. The fourth-order valence-corrected chi connectivity index (χ4v) is 1.81. The highest BCUT2D eigenvalue weighted by Gasteiger charge is 2.16. The van der Waals surface area contributed by atoms with Gasteiger partial charge in [0.05, 0.1) is 14.2 Å². The molecule has 0 bridgehead atoms. The van der Waals surface area contributed by atoms with Crippen molar-refractivity contribution in [2.75, 3.05) is 14.2 Å². The summed E-state index contributed by atoms with van der Waals surface area (Å²) in [5, 5.41) is 0. The Morgan fingerprint density at radius 2 is 1.67 bits per heavy atom. The van der Waals surface area contributed by atoms with Gasteiger partial charge in [-0.1, -0.05) is 12.1 Å². The minimum atomic E-state index is -0.565. The summed E-state index contributed by atoms with van der Waals surface area (Å²) in [6.07, 6.45) is 0.689. The van der Waals surface area contributed by atoms with Gasteiger partial charge in [-0.05, 0) is 30.3 Å². The Labute approximate surface area is 122 Å². The van der Waals surface area contributed by atoms with Crippen molar-refractivity contribution in [2.45, 2.75) is 0 Å². The SMILES string of the molecule is COc1cc(C=O)ccc1OC(=O)c1ccccc1OC. The number of hydrogen-bond donors (Lipinski definition) is 0. The van der Waals surface area contributed by atoms with Crippen LogP contribution in [0.5, 0.6) is 17.2 Å². The van der Waals surface area contributed by atoms with Crippen LogP contribution in [0.4, 0.5) is 0 Å². The third kappa shape index (κ3) is 3.20. The minimum absolute atomic E-state index is 0.235. The number of ether oxygens (including phenoxy) is 3. The maximum atomic E-state index is 12.2. The van der Waals surface area contributed by atoms with Crippen molar-refractivity contribution in [3.05, 3.63) is 53.6 Å². The van der Waals surface area contributed by atoms with Gasteiger partial charge in [0.25, 0.3) is 0 Å². The lowest BCUT2D eigenvalue weighted by atomic mass is 10.2. The van der Waals surface area contributed by atoms with Gasteiger partial charge in [-0.25, -0.2) is 4.79 Å². The first-order chi connectivity index (χ1) is 10.2. The smallest absolute Gasteiger partial charge is 0.347 e. The largest absolute Gasteiger partial charge is 0.496 e. The highest BCUT2D eigenvalue weighted by atomic mass is 16.6. The lowest BCUT2D eigenvalue weighted by Crippen LogP contribution is -2.10. The molecule has 0 saturated heterocycles. The van der Waals surface area contributed by atoms with E-state index in [1.165, 1.54) is 26.4 Å². The van der Waals surface area contributed by atoms with E-state index >= 15 is 0 Å². The fourth-order valence-electron chi connectivity index (χ4n) is 1.81. The molecule has 108 valence electrons. The van der Waals surface area contributed by atoms with Crippen molar-refractivity contribution in [2.24, 2.45) is 0 Å². The molecule has 0 aliphatic rings. The van der Waals surface area contributed by atoms with Crippen LogP contribution in [0.15, 0.2) is 42.5 Å². The van der Waals surface area contributed by atoms with E-state index in [4.69, 9.17) is 14.2 Å². The summed E-state index contributed by atoms with van der Waals surface area (Å²) in [6, 6.07) is 11.3. The maximum absolute atomic E-state index is 12.2. The van der Waals surface area contributed by atoms with E-state index in [0.717, 1.165) is 0 Å². The molecule has 5 heteroatoms. The lowest BCUT2D eigenvalue weighted by Gasteiger charge is -2.11. The molecule has 21 heavy (non-hydrogen) atoms. The zero-order valence-electron chi connectivity index (χ0n) is 11.7. The van der Waals surface area contributed by atoms with E-state index < -0.39 is 5.97 Å². The van der Waals surface area contributed by atoms with Gasteiger partial charge in [0.2, 0.25) is 0 Å². The number of esters is 1. The number of rotatable bonds is 5. The first-order valence-corrected chi connectivity index (χ1v) is 6.18. The third-order valence-electron chi connectivity index (χ3n) is 2.85. The Balaban J connectivity index is 2.29. The normalized spacial score (nSPS) is 9.81. The summed E-state index contributed by atoms with van der Waals surface area (Å²) in [7, 11) is 2.91. The van der Waals surface area contributed by atoms with E-state index in [-0.39, 0.29) is 5.75 Å². The van der Waals surface area contributed by atoms with Gasteiger partial charge in [0.15, 0.2) is 11.5 Å². The molecule has 2 aromatic carbocycles. The monoisotopic (exact) mass is 286 g/mol. The van der Waals surface area contributed by atoms with E-state index in [1.54, 1.807) is 30.3 Å². The van der Waals surface area contributed by atoms with Crippen molar-refractivity contribution < 1.29 is 23.8 Å². The van der Waals surface area contributed by atoms with Crippen LogP contribution in [0, 0.1) is 0 Å². The van der Waals surface area contributed by atoms with Gasteiger partial charge >= 0.3 is 5.97 Å². The zero-order chi connectivity index (χ0) is 15.2. The van der Waals surface area contributed by atoms with Gasteiger partial charge in [-0.3, -0.25) is 4.79 Å². The topological polar surface area (TPSA) is 61.8 Å². The average Bonchev–Trinajstić information content (AvgIpc) is 2.55. The number of carbonyl (C=O) groups is 2. The van der Waals surface area contributed by atoms with Crippen molar-refractivity contribution in [3.63, 3.8) is 0 Å². The predicted molar refractivity (Wildman–Crippen MR) is 76.3 cm³/mol. The Kier molecular flexibility index (Phi) is 4.56. The molecule has 0 atom stereocenters. The highest BCUT2D eigenvalue weighted by Crippen LogP contribution is 2.29. The average molecular weight is 286 g/mol. The lowest BCUT2D eigenvalue weighted by molar-refractivity contribution is 0.0726. The van der Waals surface area contributed by atoms with Gasteiger partial charge in [-0.2, -0.15) is 0 Å². The van der Waals surface area contributed by atoms with Crippen LogP contribution in [-0.4, -0.2) is 26.5 Å². The molecule has 0 heterocycles. The van der Waals surface area contributed by atoms with E-state index in [2.05, 4.69) is 0 Å². The Bertz CT molecular complexity index is 663.